The first-order valence-corrected chi connectivity index (χ1v) is 4.12. The third kappa shape index (κ3) is 1.81. The van der Waals surface area contributed by atoms with Crippen LogP contribution in [0.4, 0.5) is 8.78 Å². The second-order valence-corrected chi connectivity index (χ2v) is 3.05. The summed E-state index contributed by atoms with van der Waals surface area (Å²) in [7, 11) is 0. The van der Waals surface area contributed by atoms with E-state index in [4.69, 9.17) is 5.11 Å². The number of aliphatic carboxylic acids is 1. The normalized spacial score (nSPS) is 11.2. The molecular formula is C3H3F2IO2. The Balaban J connectivity index is 4.12. The largest absolute Gasteiger partial charge is 0.476 e. The van der Waals surface area contributed by atoms with E-state index in [1.807, 2.05) is 0 Å². The second-order valence-electron chi connectivity index (χ2n) is 0.937. The zero-order chi connectivity index (χ0) is 6.78. The van der Waals surface area contributed by atoms with Crippen molar-refractivity contribution < 1.29 is 18.7 Å². The number of alkyl halides is 3. The van der Waals surface area contributed by atoms with Crippen molar-refractivity contribution in [2.75, 3.05) is 0 Å². The molecule has 0 aromatic heterocycles. The monoisotopic (exact) mass is 236 g/mol. The van der Waals surface area contributed by atoms with Gasteiger partial charge >= 0.3 is 9.90 Å². The number of rotatable bonds is 2. The van der Waals surface area contributed by atoms with E-state index < -0.39 is 30.6 Å². The number of hydrogen-bond acceptors (Lipinski definition) is 1. The topological polar surface area (TPSA) is 37.3 Å². The van der Waals surface area contributed by atoms with Crippen LogP contribution in [0.5, 0.6) is 0 Å². The summed E-state index contributed by atoms with van der Waals surface area (Å²) in [6, 6.07) is 0. The molecule has 1 N–H and O–H groups in total. The maximum absolute atomic E-state index is 11.7. The summed E-state index contributed by atoms with van der Waals surface area (Å²) in [5.41, 5.74) is 0. The van der Waals surface area contributed by atoms with Gasteiger partial charge in [0.25, 0.3) is 0 Å². The summed E-state index contributed by atoms with van der Waals surface area (Å²) >= 11 is -1.76. The Morgan fingerprint density at radius 1 is 1.75 bits per heavy atom. The molecule has 0 atom stereocenters. The Labute approximate surface area is 54.3 Å². The number of halogens is 3. The van der Waals surface area contributed by atoms with Crippen molar-refractivity contribution in [2.45, 2.75) is 3.93 Å². The van der Waals surface area contributed by atoms with Gasteiger partial charge in [-0.15, -0.1) is 0 Å². The first-order chi connectivity index (χ1) is 3.50. The molecule has 0 bridgehead atoms. The van der Waals surface area contributed by atoms with E-state index in [0.717, 1.165) is 0 Å². The van der Waals surface area contributed by atoms with Gasteiger partial charge in [0.2, 0.25) is 0 Å². The van der Waals surface area contributed by atoms with Gasteiger partial charge in [-0.1, -0.05) is 4.51 Å². The van der Waals surface area contributed by atoms with Gasteiger partial charge < -0.3 is 5.11 Å². The Kier molecular flexibility index (Phi) is 2.45. The average molecular weight is 236 g/mol. The molecule has 0 saturated carbocycles. The molecule has 0 amide bonds. The molecule has 0 rings (SSSR count). The lowest BCUT2D eigenvalue weighted by Gasteiger charge is -2.00. The highest BCUT2D eigenvalue weighted by molar-refractivity contribution is 14.2. The molecule has 0 aromatic carbocycles. The zero-order valence-corrected chi connectivity index (χ0v) is 5.85. The first kappa shape index (κ1) is 7.93. The SMILES string of the molecule is C=IC(F)(F)C(=O)O. The number of carboxylic acids is 1. The lowest BCUT2D eigenvalue weighted by molar-refractivity contribution is -0.151. The van der Waals surface area contributed by atoms with Gasteiger partial charge in [-0.3, -0.25) is 0 Å². The minimum atomic E-state index is -3.54. The average Bonchev–Trinajstić information content (AvgIpc) is 1.67. The molecule has 0 aliphatic heterocycles. The molecule has 2 nitrogen and oxygen atoms in total. The summed E-state index contributed by atoms with van der Waals surface area (Å²) in [6.07, 6.45) is 0. The van der Waals surface area contributed by atoms with Gasteiger partial charge in [0, 0.05) is 0 Å². The minimum absolute atomic E-state index is 1.76. The Morgan fingerprint density at radius 3 is 2.12 bits per heavy atom. The summed E-state index contributed by atoms with van der Waals surface area (Å²) in [6.45, 7) is 0. The van der Waals surface area contributed by atoms with Gasteiger partial charge in [0.1, 0.15) is 0 Å². The van der Waals surface area contributed by atoms with E-state index >= 15 is 0 Å². The molecule has 8 heavy (non-hydrogen) atoms. The van der Waals surface area contributed by atoms with E-state index in [9.17, 15) is 13.6 Å². The first-order valence-electron chi connectivity index (χ1n) is 1.51. The van der Waals surface area contributed by atoms with Crippen molar-refractivity contribution in [2.24, 2.45) is 0 Å². The zero-order valence-electron chi connectivity index (χ0n) is 3.70. The van der Waals surface area contributed by atoms with Gasteiger partial charge in [-0.2, -0.15) is 8.78 Å². The molecular weight excluding hydrogens is 233 g/mol. The van der Waals surface area contributed by atoms with E-state index in [-0.39, 0.29) is 0 Å². The van der Waals surface area contributed by atoms with Gasteiger partial charge in [0.15, 0.2) is 0 Å². The molecule has 0 aliphatic rings. The standard InChI is InChI=1S/C3H3F2IO2/c1-6-3(4,5)2(7)8/h1H2,(H,7,8). The van der Waals surface area contributed by atoms with Crippen LogP contribution < -0.4 is 0 Å². The highest BCUT2D eigenvalue weighted by Crippen LogP contribution is 2.26. The highest BCUT2D eigenvalue weighted by atomic mass is 127. The fraction of sp³-hybridized carbons (Fsp3) is 0.333. The van der Waals surface area contributed by atoms with Crippen LogP contribution in [0.2, 0.25) is 0 Å². The van der Waals surface area contributed by atoms with Gasteiger partial charge in [0.05, 0.1) is 0 Å². The predicted octanol–water partition coefficient (Wildman–Crippen LogP) is 1.07. The fourth-order valence-electron chi connectivity index (χ4n) is 0.0572. The number of carboxylic acid groups (broad SMARTS) is 1. The van der Waals surface area contributed by atoms with Gasteiger partial charge in [-0.05, 0) is 20.7 Å². The molecule has 0 fully saturated rings. The van der Waals surface area contributed by atoms with E-state index in [1.165, 1.54) is 0 Å². The van der Waals surface area contributed by atoms with Crippen molar-refractivity contribution in [3.8, 4) is 0 Å². The quantitative estimate of drug-likeness (QED) is 0.575. The molecule has 0 unspecified atom stereocenters. The fourth-order valence-corrected chi connectivity index (χ4v) is 0.383. The molecule has 48 valence electrons. The van der Waals surface area contributed by atoms with Crippen molar-refractivity contribution in [1.82, 2.24) is 0 Å². The van der Waals surface area contributed by atoms with Crippen LogP contribution in [-0.4, -0.2) is 19.5 Å². The summed E-state index contributed by atoms with van der Waals surface area (Å²) < 4.78 is 22.6. The molecule has 0 aromatic rings. The Morgan fingerprint density at radius 2 is 2.12 bits per heavy atom. The van der Waals surface area contributed by atoms with Crippen molar-refractivity contribution in [3.63, 3.8) is 0 Å². The maximum atomic E-state index is 11.7. The van der Waals surface area contributed by atoms with Crippen LogP contribution >= 0.6 is 20.7 Å². The molecule has 0 spiro atoms. The minimum Gasteiger partial charge on any atom is -0.476 e. The molecule has 0 saturated heterocycles. The van der Waals surface area contributed by atoms with Crippen LogP contribution in [0.3, 0.4) is 0 Å². The highest BCUT2D eigenvalue weighted by Gasteiger charge is 2.35. The van der Waals surface area contributed by atoms with E-state index in [2.05, 4.69) is 4.51 Å². The van der Waals surface area contributed by atoms with Crippen LogP contribution in [0.1, 0.15) is 0 Å². The van der Waals surface area contributed by atoms with Gasteiger partial charge in [-0.25, -0.2) is 4.79 Å². The summed E-state index contributed by atoms with van der Waals surface area (Å²) in [4.78, 5) is 9.49. The van der Waals surface area contributed by atoms with Crippen molar-refractivity contribution in [1.29, 1.82) is 0 Å². The third-order valence-electron chi connectivity index (χ3n) is 0.410. The van der Waals surface area contributed by atoms with Crippen molar-refractivity contribution >= 4 is 31.2 Å². The second kappa shape index (κ2) is 2.47. The maximum Gasteiger partial charge on any atom is 0.385 e. The smallest absolute Gasteiger partial charge is 0.385 e. The Hall–Kier alpha value is -0.0700. The van der Waals surface area contributed by atoms with E-state index in [1.54, 1.807) is 0 Å². The van der Waals surface area contributed by atoms with Crippen LogP contribution in [0.15, 0.2) is 0 Å². The molecule has 5 heteroatoms. The van der Waals surface area contributed by atoms with Crippen molar-refractivity contribution in [3.05, 3.63) is 0 Å². The van der Waals surface area contributed by atoms with Crippen LogP contribution in [-0.2, 0) is 4.79 Å². The summed E-state index contributed by atoms with van der Waals surface area (Å²) in [5.74, 6) is -2.07. The number of hydrogen-bond donors (Lipinski definition) is 1. The molecule has 0 radical (unpaired) electrons. The number of carbonyl (C=O) groups is 1. The predicted molar refractivity (Wildman–Crippen MR) is 33.7 cm³/mol. The van der Waals surface area contributed by atoms with E-state index in [0.29, 0.717) is 0 Å². The molecule has 0 aliphatic carbocycles. The van der Waals surface area contributed by atoms with Crippen LogP contribution in [0, 0.1) is 0 Å². The Bertz CT molecular complexity index is 122. The third-order valence-corrected chi connectivity index (χ3v) is 1.83. The lowest BCUT2D eigenvalue weighted by atomic mass is 10.7. The summed E-state index contributed by atoms with van der Waals surface area (Å²) in [5, 5.41) is 7.68. The lowest BCUT2D eigenvalue weighted by Crippen LogP contribution is -2.19. The van der Waals surface area contributed by atoms with Crippen LogP contribution in [0.25, 0.3) is 0 Å². The molecule has 0 heterocycles.